The fraction of sp³-hybridized carbons (Fsp3) is 0.692. The van der Waals surface area contributed by atoms with E-state index in [2.05, 4.69) is 30.8 Å². The van der Waals surface area contributed by atoms with E-state index in [0.29, 0.717) is 17.2 Å². The molecule has 19 heavy (non-hydrogen) atoms. The molecule has 2 heterocycles. The third kappa shape index (κ3) is 1.13. The first-order valence-corrected chi connectivity index (χ1v) is 7.21. The lowest BCUT2D eigenvalue weighted by Crippen LogP contribution is -2.14. The van der Waals surface area contributed by atoms with Crippen LogP contribution in [0, 0.1) is 11.3 Å². The molecule has 0 radical (unpaired) electrons. The van der Waals surface area contributed by atoms with Gasteiger partial charge in [-0.15, -0.1) is 5.10 Å². The number of H-pyrrole nitrogens is 2. The lowest BCUT2D eigenvalue weighted by atomic mass is 9.80. The second-order valence-electron chi connectivity index (χ2n) is 6.29. The smallest absolute Gasteiger partial charge is 0.197 e. The standard InChI is InChI=1S/C13H16N6/c1-2-4-13(5-3-1)8-6-7-10(9(8)13)14-15-11(7)12-16-18-19-17-12/h8-9H,1-6H2,(H,14,15)(H,16,17,18,19). The van der Waals surface area contributed by atoms with Crippen molar-refractivity contribution in [1.82, 2.24) is 30.8 Å². The molecule has 2 saturated carbocycles. The average molecular weight is 256 g/mol. The molecule has 0 saturated heterocycles. The molecule has 3 aliphatic carbocycles. The summed E-state index contributed by atoms with van der Waals surface area (Å²) < 4.78 is 0. The Morgan fingerprint density at radius 2 is 2.00 bits per heavy atom. The van der Waals surface area contributed by atoms with Crippen molar-refractivity contribution in [3.05, 3.63) is 11.3 Å². The first-order valence-electron chi connectivity index (χ1n) is 7.21. The third-order valence-corrected chi connectivity index (χ3v) is 5.64. The highest BCUT2D eigenvalue weighted by Gasteiger charge is 2.68. The topological polar surface area (TPSA) is 83.1 Å². The molecule has 2 atom stereocenters. The highest BCUT2D eigenvalue weighted by molar-refractivity contribution is 5.60. The van der Waals surface area contributed by atoms with E-state index in [1.807, 2.05) is 0 Å². The van der Waals surface area contributed by atoms with Gasteiger partial charge in [-0.25, -0.2) is 5.10 Å². The lowest BCUT2D eigenvalue weighted by Gasteiger charge is -2.25. The molecule has 98 valence electrons. The summed E-state index contributed by atoms with van der Waals surface area (Å²) in [5.74, 6) is 2.27. The summed E-state index contributed by atoms with van der Waals surface area (Å²) >= 11 is 0. The van der Waals surface area contributed by atoms with E-state index >= 15 is 0 Å². The van der Waals surface area contributed by atoms with Crippen molar-refractivity contribution >= 4 is 0 Å². The van der Waals surface area contributed by atoms with Crippen LogP contribution >= 0.6 is 0 Å². The highest BCUT2D eigenvalue weighted by atomic mass is 15.5. The van der Waals surface area contributed by atoms with Crippen molar-refractivity contribution in [3.63, 3.8) is 0 Å². The number of nitrogens with zero attached hydrogens (tertiary/aromatic N) is 4. The van der Waals surface area contributed by atoms with E-state index < -0.39 is 0 Å². The second-order valence-corrected chi connectivity index (χ2v) is 6.29. The third-order valence-electron chi connectivity index (χ3n) is 5.64. The number of nitrogens with one attached hydrogen (secondary N) is 2. The van der Waals surface area contributed by atoms with Crippen molar-refractivity contribution in [2.24, 2.45) is 11.3 Å². The first-order chi connectivity index (χ1) is 9.40. The normalized spacial score (nSPS) is 30.3. The number of tetrazole rings is 1. The Hall–Kier alpha value is -1.72. The van der Waals surface area contributed by atoms with Crippen molar-refractivity contribution in [3.8, 4) is 11.5 Å². The molecule has 5 rings (SSSR count). The molecule has 1 spiro atoms. The highest BCUT2D eigenvalue weighted by Crippen LogP contribution is 2.75. The van der Waals surface area contributed by atoms with Crippen LogP contribution in [0.1, 0.15) is 49.3 Å². The van der Waals surface area contributed by atoms with Gasteiger partial charge in [0.25, 0.3) is 0 Å². The molecule has 0 amide bonds. The van der Waals surface area contributed by atoms with E-state index in [-0.39, 0.29) is 0 Å². The Bertz CT molecular complexity index is 622. The fourth-order valence-electron chi connectivity index (χ4n) is 4.78. The fourth-order valence-corrected chi connectivity index (χ4v) is 4.78. The molecule has 2 fully saturated rings. The molecule has 0 aromatic carbocycles. The Balaban J connectivity index is 1.54. The van der Waals surface area contributed by atoms with Gasteiger partial charge in [0, 0.05) is 11.5 Å². The second kappa shape index (κ2) is 3.23. The zero-order valence-electron chi connectivity index (χ0n) is 10.7. The van der Waals surface area contributed by atoms with E-state index in [9.17, 15) is 0 Å². The maximum Gasteiger partial charge on any atom is 0.197 e. The summed E-state index contributed by atoms with van der Waals surface area (Å²) in [6.07, 6.45) is 8.22. The van der Waals surface area contributed by atoms with Crippen molar-refractivity contribution in [2.45, 2.75) is 44.4 Å². The van der Waals surface area contributed by atoms with Gasteiger partial charge in [0.15, 0.2) is 5.82 Å². The SMILES string of the molecule is C1CCC2(CC1)C1Cc3c(n[nH]c3-c3nnn[nH]3)C12. The van der Waals surface area contributed by atoms with Crippen LogP contribution in [0.2, 0.25) is 0 Å². The Kier molecular flexibility index (Phi) is 1.72. The summed E-state index contributed by atoms with van der Waals surface area (Å²) in [6.45, 7) is 0. The number of aromatic nitrogens is 6. The van der Waals surface area contributed by atoms with Crippen LogP contribution in [0.3, 0.4) is 0 Å². The largest absolute Gasteiger partial charge is 0.274 e. The molecule has 6 nitrogen and oxygen atoms in total. The molecule has 0 aliphatic heterocycles. The summed E-state index contributed by atoms with van der Waals surface area (Å²) in [7, 11) is 0. The minimum absolute atomic E-state index is 0.609. The van der Waals surface area contributed by atoms with E-state index in [1.165, 1.54) is 43.4 Å². The van der Waals surface area contributed by atoms with Crippen molar-refractivity contribution in [1.29, 1.82) is 0 Å². The van der Waals surface area contributed by atoms with Crippen LogP contribution < -0.4 is 0 Å². The van der Waals surface area contributed by atoms with Crippen LogP contribution in [0.4, 0.5) is 0 Å². The van der Waals surface area contributed by atoms with Crippen molar-refractivity contribution < 1.29 is 0 Å². The molecular weight excluding hydrogens is 240 g/mol. The van der Waals surface area contributed by atoms with Gasteiger partial charge < -0.3 is 0 Å². The summed E-state index contributed by atoms with van der Waals surface area (Å²) in [6, 6.07) is 0. The number of hydrogen-bond donors (Lipinski definition) is 2. The van der Waals surface area contributed by atoms with E-state index in [0.717, 1.165) is 18.0 Å². The monoisotopic (exact) mass is 256 g/mol. The van der Waals surface area contributed by atoms with Gasteiger partial charge in [0.1, 0.15) is 5.69 Å². The van der Waals surface area contributed by atoms with Crippen LogP contribution in [0.5, 0.6) is 0 Å². The van der Waals surface area contributed by atoms with Gasteiger partial charge in [-0.2, -0.15) is 5.10 Å². The minimum Gasteiger partial charge on any atom is -0.274 e. The summed E-state index contributed by atoms with van der Waals surface area (Å²) in [4.78, 5) is 0. The Labute approximate surface area is 110 Å². The Morgan fingerprint density at radius 1 is 1.11 bits per heavy atom. The van der Waals surface area contributed by atoms with E-state index in [4.69, 9.17) is 0 Å². The molecule has 2 N–H and O–H groups in total. The molecule has 2 aromatic rings. The van der Waals surface area contributed by atoms with Gasteiger partial charge in [-0.3, -0.25) is 5.10 Å². The van der Waals surface area contributed by atoms with Crippen molar-refractivity contribution in [2.75, 3.05) is 0 Å². The predicted molar refractivity (Wildman–Crippen MR) is 67.2 cm³/mol. The summed E-state index contributed by atoms with van der Waals surface area (Å²) in [5.41, 5.74) is 4.26. The zero-order chi connectivity index (χ0) is 12.4. The van der Waals surface area contributed by atoms with Crippen LogP contribution in [0.15, 0.2) is 0 Å². The number of aromatic amines is 2. The number of hydrogen-bond acceptors (Lipinski definition) is 4. The molecule has 0 bridgehead atoms. The number of rotatable bonds is 1. The number of fused-ring (bicyclic) bond motifs is 5. The van der Waals surface area contributed by atoms with Gasteiger partial charge in [-0.1, -0.05) is 19.3 Å². The van der Waals surface area contributed by atoms with Crippen LogP contribution in [0.25, 0.3) is 11.5 Å². The lowest BCUT2D eigenvalue weighted by molar-refractivity contribution is 0.295. The maximum atomic E-state index is 4.58. The average Bonchev–Trinajstić information content (AvgIpc) is 2.97. The molecule has 3 aliphatic rings. The molecule has 2 unspecified atom stereocenters. The minimum atomic E-state index is 0.609. The zero-order valence-corrected chi connectivity index (χ0v) is 10.7. The van der Waals surface area contributed by atoms with E-state index in [1.54, 1.807) is 0 Å². The molecular formula is C13H16N6. The maximum absolute atomic E-state index is 4.58. The molecule has 6 heteroatoms. The van der Waals surface area contributed by atoms with Gasteiger partial charge in [0.2, 0.25) is 0 Å². The Morgan fingerprint density at radius 3 is 2.79 bits per heavy atom. The van der Waals surface area contributed by atoms with Crippen LogP contribution in [-0.4, -0.2) is 30.8 Å². The summed E-state index contributed by atoms with van der Waals surface area (Å²) in [5, 5.41) is 21.8. The van der Waals surface area contributed by atoms with Gasteiger partial charge in [0.05, 0.1) is 5.69 Å². The van der Waals surface area contributed by atoms with Crippen LogP contribution in [-0.2, 0) is 6.42 Å². The quantitative estimate of drug-likeness (QED) is 0.815. The predicted octanol–water partition coefficient (Wildman–Crippen LogP) is 1.81. The first kappa shape index (κ1) is 10.1. The van der Waals surface area contributed by atoms with Gasteiger partial charge >= 0.3 is 0 Å². The van der Waals surface area contributed by atoms with Gasteiger partial charge in [-0.05, 0) is 41.0 Å². The molecule has 2 aromatic heterocycles.